The van der Waals surface area contributed by atoms with Crippen LogP contribution in [-0.2, 0) is 14.3 Å². The van der Waals surface area contributed by atoms with Gasteiger partial charge in [-0.25, -0.2) is 9.59 Å². The molecule has 36 heavy (non-hydrogen) atoms. The molecule has 2 amide bonds. The van der Waals surface area contributed by atoms with Crippen molar-refractivity contribution in [1.29, 1.82) is 0 Å². The standard InChI is InChI=1S/C28H48N2O5S/c1-19(2)12-10-13-21(5)14-11-15-22(6)16-17-36-18-23(26(32)33)29-25(31)24(20(3)4)30-27(34)35-28(7,8)9/h12,14,16,20,23-24H,10-11,13,15,17-18H2,1-9H3,(H,29,31)(H,30,34)(H,32,33). The Balaban J connectivity index is 4.69. The minimum atomic E-state index is -1.11. The molecular weight excluding hydrogens is 476 g/mol. The summed E-state index contributed by atoms with van der Waals surface area (Å²) in [5.41, 5.74) is 3.30. The molecule has 7 nitrogen and oxygen atoms in total. The van der Waals surface area contributed by atoms with Crippen molar-refractivity contribution in [2.24, 2.45) is 5.92 Å². The van der Waals surface area contributed by atoms with Crippen molar-refractivity contribution < 1.29 is 24.2 Å². The number of aliphatic carboxylic acids is 1. The van der Waals surface area contributed by atoms with Gasteiger partial charge in [0.25, 0.3) is 0 Å². The third-order valence-corrected chi connectivity index (χ3v) is 6.16. The maximum atomic E-state index is 12.7. The molecule has 0 bridgehead atoms. The molecule has 0 aromatic heterocycles. The summed E-state index contributed by atoms with van der Waals surface area (Å²) in [5, 5.41) is 14.7. The van der Waals surface area contributed by atoms with Crippen LogP contribution < -0.4 is 10.6 Å². The molecule has 2 unspecified atom stereocenters. The Morgan fingerprint density at radius 1 is 0.917 bits per heavy atom. The van der Waals surface area contributed by atoms with Crippen LogP contribution in [0.15, 0.2) is 34.9 Å². The van der Waals surface area contributed by atoms with Gasteiger partial charge in [0.15, 0.2) is 0 Å². The Bertz CT molecular complexity index is 805. The summed E-state index contributed by atoms with van der Waals surface area (Å²) >= 11 is 1.45. The molecule has 0 saturated heterocycles. The van der Waals surface area contributed by atoms with Gasteiger partial charge in [-0.15, -0.1) is 0 Å². The zero-order valence-corrected chi connectivity index (χ0v) is 24.5. The highest BCUT2D eigenvalue weighted by Gasteiger charge is 2.30. The van der Waals surface area contributed by atoms with Gasteiger partial charge in [-0.1, -0.05) is 48.8 Å². The van der Waals surface area contributed by atoms with Crippen LogP contribution in [0, 0.1) is 5.92 Å². The molecule has 0 radical (unpaired) electrons. The van der Waals surface area contributed by atoms with Crippen LogP contribution >= 0.6 is 11.8 Å². The number of carbonyl (C=O) groups is 3. The van der Waals surface area contributed by atoms with Crippen molar-refractivity contribution in [1.82, 2.24) is 10.6 Å². The van der Waals surface area contributed by atoms with Gasteiger partial charge in [0.2, 0.25) is 5.91 Å². The second kappa shape index (κ2) is 17.3. The number of hydrogen-bond donors (Lipinski definition) is 3. The summed E-state index contributed by atoms with van der Waals surface area (Å²) in [6.45, 7) is 17.2. The summed E-state index contributed by atoms with van der Waals surface area (Å²) in [5.74, 6) is -0.994. The predicted octanol–water partition coefficient (Wildman–Crippen LogP) is 6.26. The molecule has 0 fully saturated rings. The van der Waals surface area contributed by atoms with Gasteiger partial charge in [0.05, 0.1) is 0 Å². The number of hydrogen-bond acceptors (Lipinski definition) is 5. The highest BCUT2D eigenvalue weighted by molar-refractivity contribution is 7.99. The molecule has 0 aliphatic rings. The third-order valence-electron chi connectivity index (χ3n) is 5.19. The van der Waals surface area contributed by atoms with Crippen molar-refractivity contribution in [2.45, 2.75) is 106 Å². The monoisotopic (exact) mass is 524 g/mol. The summed E-state index contributed by atoms with van der Waals surface area (Å²) < 4.78 is 5.23. The van der Waals surface area contributed by atoms with E-state index >= 15 is 0 Å². The van der Waals surface area contributed by atoms with Crippen LogP contribution in [0.2, 0.25) is 0 Å². The molecule has 0 aliphatic heterocycles. The van der Waals surface area contributed by atoms with Gasteiger partial charge < -0.3 is 20.5 Å². The number of allylic oxidation sites excluding steroid dienone is 5. The van der Waals surface area contributed by atoms with Gasteiger partial charge >= 0.3 is 12.1 Å². The SMILES string of the molecule is CC(C)=CCCC(C)=CCCC(C)=CCSCC(NC(=O)C(NC(=O)OC(C)(C)C)C(C)C)C(=O)O. The number of alkyl carbamates (subject to hydrolysis) is 1. The fourth-order valence-electron chi connectivity index (χ4n) is 3.13. The predicted molar refractivity (Wildman–Crippen MR) is 150 cm³/mol. The summed E-state index contributed by atoms with van der Waals surface area (Å²) in [6.07, 6.45) is 10.1. The number of nitrogens with one attached hydrogen (secondary N) is 2. The number of carboxylic acid groups (broad SMARTS) is 1. The molecule has 8 heteroatoms. The third kappa shape index (κ3) is 17.2. The summed E-state index contributed by atoms with van der Waals surface area (Å²) in [4.78, 5) is 36.6. The first-order valence-corrected chi connectivity index (χ1v) is 13.8. The van der Waals surface area contributed by atoms with Crippen LogP contribution in [-0.4, -0.2) is 52.3 Å². The van der Waals surface area contributed by atoms with Crippen LogP contribution in [0.25, 0.3) is 0 Å². The fraction of sp³-hybridized carbons (Fsp3) is 0.679. The summed E-state index contributed by atoms with van der Waals surface area (Å²) in [7, 11) is 0. The Morgan fingerprint density at radius 3 is 1.97 bits per heavy atom. The zero-order valence-electron chi connectivity index (χ0n) is 23.7. The molecule has 2 atom stereocenters. The number of rotatable bonds is 15. The molecule has 0 saturated carbocycles. The minimum absolute atomic E-state index is 0.228. The average Bonchev–Trinajstić information content (AvgIpc) is 2.72. The smallest absolute Gasteiger partial charge is 0.408 e. The van der Waals surface area contributed by atoms with E-state index in [1.165, 1.54) is 28.5 Å². The van der Waals surface area contributed by atoms with Crippen molar-refractivity contribution in [2.75, 3.05) is 11.5 Å². The van der Waals surface area contributed by atoms with Crippen molar-refractivity contribution >= 4 is 29.7 Å². The van der Waals surface area contributed by atoms with Crippen molar-refractivity contribution in [3.63, 3.8) is 0 Å². The molecule has 0 aromatic carbocycles. The first-order chi connectivity index (χ1) is 16.6. The Kier molecular flexibility index (Phi) is 16.2. The largest absolute Gasteiger partial charge is 0.480 e. The normalized spacial score (nSPS) is 14.2. The number of carbonyl (C=O) groups excluding carboxylic acids is 2. The van der Waals surface area contributed by atoms with Crippen LogP contribution in [0.5, 0.6) is 0 Å². The Hall–Kier alpha value is -2.22. The molecule has 206 valence electrons. The zero-order chi connectivity index (χ0) is 27.9. The quantitative estimate of drug-likeness (QED) is 0.173. The molecule has 0 aliphatic carbocycles. The second-order valence-electron chi connectivity index (χ2n) is 10.8. The highest BCUT2D eigenvalue weighted by atomic mass is 32.2. The van der Waals surface area contributed by atoms with E-state index in [0.717, 1.165) is 25.7 Å². The second-order valence-corrected chi connectivity index (χ2v) is 11.8. The topological polar surface area (TPSA) is 105 Å². The van der Waals surface area contributed by atoms with Gasteiger partial charge in [0, 0.05) is 11.5 Å². The van der Waals surface area contributed by atoms with Gasteiger partial charge in [-0.05, 0) is 80.1 Å². The van der Waals surface area contributed by atoms with Gasteiger partial charge in [-0.3, -0.25) is 4.79 Å². The van der Waals surface area contributed by atoms with Crippen LogP contribution in [0.1, 0.15) is 88.0 Å². The average molecular weight is 525 g/mol. The number of carboxylic acids is 1. The Labute approximate surface area is 222 Å². The molecule has 3 N–H and O–H groups in total. The number of thioether (sulfide) groups is 1. The maximum Gasteiger partial charge on any atom is 0.408 e. The van der Waals surface area contributed by atoms with Crippen molar-refractivity contribution in [3.05, 3.63) is 34.9 Å². The fourth-order valence-corrected chi connectivity index (χ4v) is 4.13. The van der Waals surface area contributed by atoms with E-state index in [1.54, 1.807) is 34.6 Å². The van der Waals surface area contributed by atoms with Gasteiger partial charge in [-0.2, -0.15) is 11.8 Å². The van der Waals surface area contributed by atoms with E-state index in [1.807, 2.05) is 0 Å². The van der Waals surface area contributed by atoms with E-state index in [0.29, 0.717) is 5.75 Å². The summed E-state index contributed by atoms with van der Waals surface area (Å²) in [6, 6.07) is -1.95. The number of amides is 2. The van der Waals surface area contributed by atoms with E-state index in [4.69, 9.17) is 4.74 Å². The lowest BCUT2D eigenvalue weighted by molar-refractivity contribution is -0.141. The highest BCUT2D eigenvalue weighted by Crippen LogP contribution is 2.14. The van der Waals surface area contributed by atoms with Gasteiger partial charge in [0.1, 0.15) is 17.7 Å². The molecular formula is C28H48N2O5S. The lowest BCUT2D eigenvalue weighted by Crippen LogP contribution is -2.55. The first-order valence-electron chi connectivity index (χ1n) is 12.7. The van der Waals surface area contributed by atoms with Crippen LogP contribution in [0.3, 0.4) is 0 Å². The molecule has 0 heterocycles. The van der Waals surface area contributed by atoms with Crippen molar-refractivity contribution in [3.8, 4) is 0 Å². The van der Waals surface area contributed by atoms with E-state index in [-0.39, 0.29) is 11.7 Å². The molecule has 0 aromatic rings. The van der Waals surface area contributed by atoms with E-state index in [2.05, 4.69) is 56.6 Å². The molecule has 0 spiro atoms. The van der Waals surface area contributed by atoms with E-state index < -0.39 is 35.7 Å². The Morgan fingerprint density at radius 2 is 1.47 bits per heavy atom. The minimum Gasteiger partial charge on any atom is -0.480 e. The number of ether oxygens (including phenoxy) is 1. The van der Waals surface area contributed by atoms with Crippen LogP contribution in [0.4, 0.5) is 4.79 Å². The first kappa shape index (κ1) is 33.8. The molecule has 0 rings (SSSR count). The van der Waals surface area contributed by atoms with E-state index in [9.17, 15) is 19.5 Å². The maximum absolute atomic E-state index is 12.7. The lowest BCUT2D eigenvalue weighted by atomic mass is 10.0. The lowest BCUT2D eigenvalue weighted by Gasteiger charge is -2.26.